The number of pyridine rings is 1. The molecule has 0 unspecified atom stereocenters. The molecule has 1 aliphatic carbocycles. The van der Waals surface area contributed by atoms with Gasteiger partial charge in [-0.25, -0.2) is 13.8 Å². The lowest BCUT2D eigenvalue weighted by atomic mass is 9.96. The highest BCUT2D eigenvalue weighted by Gasteiger charge is 2.35. The number of piperazine rings is 1. The summed E-state index contributed by atoms with van der Waals surface area (Å²) in [7, 11) is -3.94. The molecule has 3 aliphatic heterocycles. The number of nitrogens with zero attached hydrogens (tertiary/aromatic N) is 8. The minimum atomic E-state index is -3.94. The third-order valence-electron chi connectivity index (χ3n) is 11.1. The van der Waals surface area contributed by atoms with Gasteiger partial charge in [0.05, 0.1) is 22.4 Å². The van der Waals surface area contributed by atoms with Crippen LogP contribution < -0.4 is 19.9 Å². The summed E-state index contributed by atoms with van der Waals surface area (Å²) in [6.07, 6.45) is 12.8. The molecule has 0 amide bonds. The van der Waals surface area contributed by atoms with Gasteiger partial charge in [0, 0.05) is 66.9 Å². The molecule has 10 rings (SSSR count). The number of aromatic nitrogens is 6. The van der Waals surface area contributed by atoms with Gasteiger partial charge in [-0.1, -0.05) is 36.3 Å². The number of rotatable bonds is 8. The van der Waals surface area contributed by atoms with Crippen molar-refractivity contribution < 1.29 is 21.9 Å². The van der Waals surface area contributed by atoms with Crippen LogP contribution in [0.5, 0.6) is 6.01 Å². The van der Waals surface area contributed by atoms with Gasteiger partial charge in [0.2, 0.25) is 0 Å². The zero-order valence-electron chi connectivity index (χ0n) is 29.6. The fourth-order valence-electron chi connectivity index (χ4n) is 8.23. The minimum Gasteiger partial charge on any atom is -0.458 e. The van der Waals surface area contributed by atoms with Gasteiger partial charge in [0.15, 0.2) is 11.6 Å². The second kappa shape index (κ2) is 13.0. The molecule has 3 aromatic heterocycles. The molecule has 3 atom stereocenters. The fourth-order valence-corrected chi connectivity index (χ4v) is 9.33. The van der Waals surface area contributed by atoms with Crippen molar-refractivity contribution in [3.05, 3.63) is 90.1 Å². The van der Waals surface area contributed by atoms with Crippen LogP contribution in [0.15, 0.2) is 72.0 Å². The average Bonchev–Trinajstić information content (AvgIpc) is 3.55. The molecule has 55 heavy (non-hydrogen) atoms. The normalized spacial score (nSPS) is 21.1. The molecule has 278 valence electrons. The highest BCUT2D eigenvalue weighted by molar-refractivity contribution is 7.89. The van der Waals surface area contributed by atoms with Gasteiger partial charge in [-0.15, -0.1) is 15.6 Å². The maximum absolute atomic E-state index is 17.0. The van der Waals surface area contributed by atoms with Crippen LogP contribution >= 0.6 is 0 Å². The Balaban J connectivity index is 0.984. The number of anilines is 2. The minimum absolute atomic E-state index is 0.00675. The van der Waals surface area contributed by atoms with Crippen molar-refractivity contribution >= 4 is 43.2 Å². The van der Waals surface area contributed by atoms with E-state index in [1.165, 1.54) is 12.4 Å². The van der Waals surface area contributed by atoms with Gasteiger partial charge < -0.3 is 19.9 Å². The van der Waals surface area contributed by atoms with E-state index < -0.39 is 21.7 Å². The largest absolute Gasteiger partial charge is 0.458 e. The van der Waals surface area contributed by atoms with Crippen molar-refractivity contribution in [2.45, 2.75) is 61.1 Å². The molecule has 12 nitrogen and oxygen atoms in total. The summed E-state index contributed by atoms with van der Waals surface area (Å²) in [5.41, 5.74) is 1.14. The van der Waals surface area contributed by atoms with Crippen molar-refractivity contribution in [1.82, 2.24) is 34.4 Å². The average molecular weight is 760 g/mol. The van der Waals surface area contributed by atoms with E-state index in [1.54, 1.807) is 48.7 Å². The van der Waals surface area contributed by atoms with Crippen molar-refractivity contribution in [3.63, 3.8) is 0 Å². The topological polar surface area (TPSA) is 131 Å². The summed E-state index contributed by atoms with van der Waals surface area (Å²) in [6, 6.07) is 15.5. The lowest BCUT2D eigenvalue weighted by molar-refractivity contribution is 0.207. The highest BCUT2D eigenvalue weighted by atomic mass is 32.2. The van der Waals surface area contributed by atoms with Gasteiger partial charge in [-0.05, 0) is 55.3 Å². The summed E-state index contributed by atoms with van der Waals surface area (Å²) in [5, 5.41) is 9.38. The van der Waals surface area contributed by atoms with E-state index in [0.29, 0.717) is 71.7 Å². The lowest BCUT2D eigenvalue weighted by Gasteiger charge is -2.34. The molecule has 3 aromatic carbocycles. The molecule has 2 bridgehead atoms. The van der Waals surface area contributed by atoms with Gasteiger partial charge >= 0.3 is 6.01 Å². The molecule has 1 saturated carbocycles. The Morgan fingerprint density at radius 2 is 1.73 bits per heavy atom. The van der Waals surface area contributed by atoms with Gasteiger partial charge in [0.1, 0.15) is 35.3 Å². The third-order valence-corrected chi connectivity index (χ3v) is 12.6. The first-order valence-electron chi connectivity index (χ1n) is 18.5. The first kappa shape index (κ1) is 33.8. The number of benzene rings is 3. The third kappa shape index (κ3) is 5.91. The van der Waals surface area contributed by atoms with E-state index in [-0.39, 0.29) is 51.8 Å². The Kier molecular flexibility index (Phi) is 7.96. The molecule has 4 aliphatic rings. The van der Waals surface area contributed by atoms with Gasteiger partial charge in [-0.2, -0.15) is 18.4 Å². The molecule has 6 aromatic rings. The molecule has 6 heterocycles. The van der Waals surface area contributed by atoms with Crippen molar-refractivity contribution in [2.24, 2.45) is 0 Å². The first-order valence-corrected chi connectivity index (χ1v) is 19.9. The Bertz CT molecular complexity index is 2670. The molecular weight excluding hydrogens is 725 g/mol. The summed E-state index contributed by atoms with van der Waals surface area (Å²) in [5.74, 6) is 2.49. The monoisotopic (exact) mass is 759 g/mol. The number of terminal acetylenes is 1. The van der Waals surface area contributed by atoms with Crippen LogP contribution in [0.25, 0.3) is 32.9 Å². The van der Waals surface area contributed by atoms with Crippen molar-refractivity contribution in [3.8, 4) is 29.6 Å². The van der Waals surface area contributed by atoms with Crippen molar-refractivity contribution in [1.29, 1.82) is 0 Å². The van der Waals surface area contributed by atoms with Gasteiger partial charge in [0.25, 0.3) is 10.0 Å². The zero-order chi connectivity index (χ0) is 37.4. The molecule has 0 spiro atoms. The molecule has 1 N–H and O–H groups in total. The number of ether oxygens (including phenoxy) is 1. The van der Waals surface area contributed by atoms with Crippen LogP contribution in [0.1, 0.15) is 49.4 Å². The summed E-state index contributed by atoms with van der Waals surface area (Å²) in [4.78, 5) is 22.6. The summed E-state index contributed by atoms with van der Waals surface area (Å²) >= 11 is 0. The van der Waals surface area contributed by atoms with E-state index in [2.05, 4.69) is 36.2 Å². The standard InChI is InChI=1S/C40H35F2N9O3S/c1-2-30-33(41)14-11-23-5-3-8-31(34(23)30)36-35(42)37-32(18-43-36)39(50-19-25-12-13-26(20-50)45-25)47-40(46-37)54-28-15-16-49(21-28)27-6-4-7-29(17-27)55(52,53)51-22-44-38(48-51)24-9-10-24/h1,3-8,11,14,17-18,22,24-26,28,45H,9-10,12-13,15-16,19-21H2/t25-,26+,28-/m1/s1. The summed E-state index contributed by atoms with van der Waals surface area (Å²) in [6.45, 7) is 2.38. The van der Waals surface area contributed by atoms with Crippen LogP contribution in [0, 0.1) is 24.0 Å². The Hall–Kier alpha value is -5.72. The smallest absolute Gasteiger partial charge is 0.319 e. The Morgan fingerprint density at radius 1 is 0.909 bits per heavy atom. The predicted octanol–water partition coefficient (Wildman–Crippen LogP) is 5.41. The predicted molar refractivity (Wildman–Crippen MR) is 203 cm³/mol. The first-order chi connectivity index (χ1) is 26.7. The molecule has 15 heteroatoms. The Morgan fingerprint density at radius 3 is 2.53 bits per heavy atom. The van der Waals surface area contributed by atoms with Crippen LogP contribution in [-0.4, -0.2) is 81.9 Å². The maximum Gasteiger partial charge on any atom is 0.319 e. The van der Waals surface area contributed by atoms with E-state index >= 15 is 4.39 Å². The van der Waals surface area contributed by atoms with E-state index in [0.717, 1.165) is 29.8 Å². The van der Waals surface area contributed by atoms with Crippen LogP contribution in [0.3, 0.4) is 0 Å². The molecular formula is C40H35F2N9O3S. The number of halogens is 2. The highest BCUT2D eigenvalue weighted by Crippen LogP contribution is 2.39. The number of hydrogen-bond donors (Lipinski definition) is 1. The summed E-state index contributed by atoms with van der Waals surface area (Å²) < 4.78 is 66.2. The fraction of sp³-hybridized carbons (Fsp3) is 0.325. The number of hydrogen-bond acceptors (Lipinski definition) is 11. The van der Waals surface area contributed by atoms with Crippen LogP contribution in [0.4, 0.5) is 20.3 Å². The molecule has 0 radical (unpaired) electrons. The van der Waals surface area contributed by atoms with Crippen LogP contribution in [-0.2, 0) is 10.0 Å². The van der Waals surface area contributed by atoms with E-state index in [1.807, 2.05) is 11.0 Å². The van der Waals surface area contributed by atoms with E-state index in [9.17, 15) is 12.8 Å². The quantitative estimate of drug-likeness (QED) is 0.200. The Labute approximate surface area is 315 Å². The van der Waals surface area contributed by atoms with Crippen molar-refractivity contribution in [2.75, 3.05) is 36.0 Å². The second-order valence-corrected chi connectivity index (χ2v) is 16.5. The zero-order valence-corrected chi connectivity index (χ0v) is 30.4. The number of fused-ring (bicyclic) bond motifs is 4. The molecule has 3 saturated heterocycles. The van der Waals surface area contributed by atoms with Gasteiger partial charge in [-0.3, -0.25) is 4.98 Å². The lowest BCUT2D eigenvalue weighted by Crippen LogP contribution is -2.51. The second-order valence-electron chi connectivity index (χ2n) is 14.8. The number of nitrogens with one attached hydrogen (secondary N) is 1. The SMILES string of the molecule is C#Cc1c(F)ccc2cccc(-c3ncc4c(N5C[C@H]6CC[C@@H](C5)N6)nc(O[C@@H]5CCN(c6cccc(S(=O)(=O)n7cnc(C8CC8)n7)c6)C5)nc4c3F)c12. The van der Waals surface area contributed by atoms with Crippen LogP contribution in [0.2, 0.25) is 0 Å². The maximum atomic E-state index is 17.0. The molecule has 4 fully saturated rings. The van der Waals surface area contributed by atoms with E-state index in [4.69, 9.17) is 16.1 Å².